The molecule has 0 radical (unpaired) electrons. The first-order chi connectivity index (χ1) is 11.8. The largest absolute Gasteiger partial charge is 0.461 e. The van der Waals surface area contributed by atoms with Crippen LogP contribution in [0.4, 0.5) is 4.39 Å². The lowest BCUT2D eigenvalue weighted by Gasteiger charge is -2.11. The van der Waals surface area contributed by atoms with E-state index in [-0.39, 0.29) is 29.8 Å². The quantitative estimate of drug-likeness (QED) is 0.312. The number of benzene rings is 1. The van der Waals surface area contributed by atoms with Crippen molar-refractivity contribution in [3.05, 3.63) is 59.9 Å². The Labute approximate surface area is 161 Å². The van der Waals surface area contributed by atoms with Crippen LogP contribution in [0.5, 0.6) is 0 Å². The lowest BCUT2D eigenvalue weighted by molar-refractivity contribution is 0.577. The maximum Gasteiger partial charge on any atom is 0.216 e. The summed E-state index contributed by atoms with van der Waals surface area (Å²) in [7, 11) is 1.64. The van der Waals surface area contributed by atoms with Crippen LogP contribution in [-0.2, 0) is 13.1 Å². The Morgan fingerprint density at radius 1 is 1.20 bits per heavy atom. The molecule has 25 heavy (non-hydrogen) atoms. The second-order valence-electron chi connectivity index (χ2n) is 4.95. The van der Waals surface area contributed by atoms with E-state index in [0.29, 0.717) is 42.0 Å². The topological polar surface area (TPSA) is 91.1 Å². The van der Waals surface area contributed by atoms with E-state index in [4.69, 9.17) is 4.42 Å². The van der Waals surface area contributed by atoms with E-state index in [1.165, 1.54) is 6.07 Å². The summed E-state index contributed by atoms with van der Waals surface area (Å²) in [6, 6.07) is 10.2. The van der Waals surface area contributed by atoms with Gasteiger partial charge >= 0.3 is 0 Å². The molecule has 0 aliphatic carbocycles. The van der Waals surface area contributed by atoms with Crippen LogP contribution < -0.4 is 10.6 Å². The Balaban J connectivity index is 0.00000225. The number of H-pyrrole nitrogens is 1. The van der Waals surface area contributed by atoms with E-state index >= 15 is 0 Å². The van der Waals surface area contributed by atoms with Gasteiger partial charge < -0.3 is 15.1 Å². The fourth-order valence-corrected chi connectivity index (χ4v) is 2.10. The summed E-state index contributed by atoms with van der Waals surface area (Å²) in [5, 5.41) is 13.1. The van der Waals surface area contributed by atoms with E-state index in [1.54, 1.807) is 43.6 Å². The summed E-state index contributed by atoms with van der Waals surface area (Å²) in [6.07, 6.45) is 1.57. The summed E-state index contributed by atoms with van der Waals surface area (Å²) in [5.74, 6) is 2.01. The highest BCUT2D eigenvalue weighted by molar-refractivity contribution is 14.0. The first-order valence-corrected chi connectivity index (χ1v) is 7.39. The Morgan fingerprint density at radius 3 is 2.72 bits per heavy atom. The predicted octanol–water partition coefficient (Wildman–Crippen LogP) is 2.69. The molecule has 0 saturated heterocycles. The summed E-state index contributed by atoms with van der Waals surface area (Å²) < 4.78 is 18.8. The van der Waals surface area contributed by atoms with Gasteiger partial charge in [-0.05, 0) is 18.2 Å². The van der Waals surface area contributed by atoms with Gasteiger partial charge in [0, 0.05) is 19.2 Å². The van der Waals surface area contributed by atoms with Gasteiger partial charge in [0.25, 0.3) is 0 Å². The molecule has 0 atom stereocenters. The molecule has 0 spiro atoms. The summed E-state index contributed by atoms with van der Waals surface area (Å²) in [4.78, 5) is 8.42. The van der Waals surface area contributed by atoms with Gasteiger partial charge in [0.05, 0.1) is 12.8 Å². The summed E-state index contributed by atoms with van der Waals surface area (Å²) in [5.41, 5.74) is 0.570. The molecule has 0 fully saturated rings. The molecular formula is C16H18FIN6O. The third-order valence-electron chi connectivity index (χ3n) is 3.32. The monoisotopic (exact) mass is 456 g/mol. The maximum atomic E-state index is 13.6. The number of halogens is 2. The maximum absolute atomic E-state index is 13.6. The molecule has 0 amide bonds. The molecule has 3 N–H and O–H groups in total. The van der Waals surface area contributed by atoms with Gasteiger partial charge in [-0.15, -0.1) is 29.1 Å². The normalized spacial score (nSPS) is 11.0. The number of aromatic nitrogens is 3. The Morgan fingerprint density at radius 2 is 2.00 bits per heavy atom. The zero-order valence-corrected chi connectivity index (χ0v) is 15.8. The first kappa shape index (κ1) is 18.9. The fraction of sp³-hybridized carbons (Fsp3) is 0.188. The van der Waals surface area contributed by atoms with E-state index in [2.05, 4.69) is 30.8 Å². The number of rotatable bonds is 5. The van der Waals surface area contributed by atoms with Crippen LogP contribution in [-0.4, -0.2) is 28.2 Å². The van der Waals surface area contributed by atoms with Crippen molar-refractivity contribution in [2.45, 2.75) is 13.1 Å². The third kappa shape index (κ3) is 5.02. The second kappa shape index (κ2) is 9.16. The van der Waals surface area contributed by atoms with E-state index in [9.17, 15) is 4.39 Å². The molecular weight excluding hydrogens is 438 g/mol. The molecule has 0 aliphatic heterocycles. The highest BCUT2D eigenvalue weighted by atomic mass is 127. The lowest BCUT2D eigenvalue weighted by Crippen LogP contribution is -2.36. The predicted molar refractivity (Wildman–Crippen MR) is 103 cm³/mol. The minimum Gasteiger partial charge on any atom is -0.461 e. The Kier molecular flexibility index (Phi) is 6.92. The first-order valence-electron chi connectivity index (χ1n) is 7.39. The van der Waals surface area contributed by atoms with Gasteiger partial charge in [-0.2, -0.15) is 0 Å². The molecule has 2 aromatic heterocycles. The van der Waals surface area contributed by atoms with Crippen molar-refractivity contribution in [3.63, 3.8) is 0 Å². The molecule has 0 bridgehead atoms. The van der Waals surface area contributed by atoms with Crippen LogP contribution in [0.25, 0.3) is 11.6 Å². The van der Waals surface area contributed by atoms with Crippen molar-refractivity contribution in [1.29, 1.82) is 0 Å². The molecule has 2 heterocycles. The van der Waals surface area contributed by atoms with Gasteiger partial charge in [0.1, 0.15) is 11.6 Å². The SMILES string of the molecule is CN=C(NCc1nc(-c2ccco2)n[nH]1)NCc1ccccc1F.I. The number of nitrogens with zero attached hydrogens (tertiary/aromatic N) is 3. The van der Waals surface area contributed by atoms with Gasteiger partial charge in [-0.25, -0.2) is 9.37 Å². The molecule has 9 heteroatoms. The number of aromatic amines is 1. The van der Waals surface area contributed by atoms with Crippen LogP contribution in [0.2, 0.25) is 0 Å². The van der Waals surface area contributed by atoms with Crippen LogP contribution in [0.3, 0.4) is 0 Å². The highest BCUT2D eigenvalue weighted by Gasteiger charge is 2.09. The molecule has 3 aromatic rings. The van der Waals surface area contributed by atoms with Gasteiger partial charge in [-0.3, -0.25) is 10.1 Å². The standard InChI is InChI=1S/C16H17FN6O.HI/c1-18-16(19-9-11-5-2-3-6-12(11)17)20-10-14-21-15(23-22-14)13-7-4-8-24-13;/h2-8H,9-10H2,1H3,(H2,18,19,20)(H,21,22,23);1H. The Bertz CT molecular complexity index is 818. The molecule has 0 saturated carbocycles. The minimum absolute atomic E-state index is 0. The smallest absolute Gasteiger partial charge is 0.216 e. The van der Waals surface area contributed by atoms with Crippen LogP contribution in [0, 0.1) is 5.82 Å². The lowest BCUT2D eigenvalue weighted by atomic mass is 10.2. The average Bonchev–Trinajstić information content (AvgIpc) is 3.27. The number of hydrogen-bond acceptors (Lipinski definition) is 4. The van der Waals surface area contributed by atoms with Crippen molar-refractivity contribution in [3.8, 4) is 11.6 Å². The molecule has 7 nitrogen and oxygen atoms in total. The molecule has 0 aliphatic rings. The zero-order valence-electron chi connectivity index (χ0n) is 13.5. The van der Waals surface area contributed by atoms with Crippen LogP contribution in [0.15, 0.2) is 52.1 Å². The number of nitrogens with one attached hydrogen (secondary N) is 3. The number of hydrogen-bond donors (Lipinski definition) is 3. The summed E-state index contributed by atoms with van der Waals surface area (Å²) >= 11 is 0. The third-order valence-corrected chi connectivity index (χ3v) is 3.32. The van der Waals surface area contributed by atoms with Gasteiger partial charge in [0.15, 0.2) is 11.7 Å². The number of furan rings is 1. The van der Waals surface area contributed by atoms with Gasteiger partial charge in [0.2, 0.25) is 5.82 Å². The average molecular weight is 456 g/mol. The molecule has 1 aromatic carbocycles. The van der Waals surface area contributed by atoms with Crippen molar-refractivity contribution in [1.82, 2.24) is 25.8 Å². The zero-order chi connectivity index (χ0) is 16.8. The Hall–Kier alpha value is -2.43. The number of guanidine groups is 1. The summed E-state index contributed by atoms with van der Waals surface area (Å²) in [6.45, 7) is 0.727. The highest BCUT2D eigenvalue weighted by Crippen LogP contribution is 2.14. The van der Waals surface area contributed by atoms with Gasteiger partial charge in [-0.1, -0.05) is 18.2 Å². The van der Waals surface area contributed by atoms with Crippen molar-refractivity contribution in [2.24, 2.45) is 4.99 Å². The van der Waals surface area contributed by atoms with Crippen LogP contribution >= 0.6 is 24.0 Å². The van der Waals surface area contributed by atoms with E-state index < -0.39 is 0 Å². The van der Waals surface area contributed by atoms with E-state index in [1.807, 2.05) is 0 Å². The van der Waals surface area contributed by atoms with E-state index in [0.717, 1.165) is 0 Å². The molecule has 0 unspecified atom stereocenters. The number of aliphatic imine (C=N–C) groups is 1. The van der Waals surface area contributed by atoms with Crippen molar-refractivity contribution >= 4 is 29.9 Å². The molecule has 3 rings (SSSR count). The molecule has 132 valence electrons. The van der Waals surface area contributed by atoms with Crippen LogP contribution in [0.1, 0.15) is 11.4 Å². The second-order valence-corrected chi connectivity index (χ2v) is 4.95. The van der Waals surface area contributed by atoms with Crippen molar-refractivity contribution in [2.75, 3.05) is 7.05 Å². The fourth-order valence-electron chi connectivity index (χ4n) is 2.10. The minimum atomic E-state index is -0.251. The van der Waals surface area contributed by atoms with Crippen molar-refractivity contribution < 1.29 is 8.81 Å².